The number of anilines is 1. The van der Waals surface area contributed by atoms with E-state index < -0.39 is 10.1 Å². The van der Waals surface area contributed by atoms with Crippen LogP contribution in [-0.2, 0) is 17.2 Å². The fourth-order valence-corrected chi connectivity index (χ4v) is 7.88. The monoisotopic (exact) mass is 594 g/mol. The number of likely N-dealkylation sites (N-methyl/N-ethyl adjacent to an activating group) is 1. The van der Waals surface area contributed by atoms with Gasteiger partial charge < -0.3 is 9.47 Å². The zero-order valence-corrected chi connectivity index (χ0v) is 25.3. The molecule has 1 aliphatic heterocycles. The van der Waals surface area contributed by atoms with E-state index in [4.69, 9.17) is 11.6 Å². The van der Waals surface area contributed by atoms with E-state index in [2.05, 4.69) is 78.1 Å². The number of aryl methyl sites for hydroxylation is 2. The second kappa shape index (κ2) is 9.87. The molecular formula is C35H31ClN2O3S. The molecule has 0 saturated carbocycles. The summed E-state index contributed by atoms with van der Waals surface area (Å²) < 4.78 is 35.9. The van der Waals surface area contributed by atoms with Gasteiger partial charge in [0.25, 0.3) is 10.1 Å². The lowest BCUT2D eigenvalue weighted by molar-refractivity contribution is 0.484. The van der Waals surface area contributed by atoms with Crippen molar-refractivity contribution in [2.45, 2.75) is 37.1 Å². The summed E-state index contributed by atoms with van der Waals surface area (Å²) in [5, 5.41) is 6.67. The summed E-state index contributed by atoms with van der Waals surface area (Å²) >= 11 is 7.03. The van der Waals surface area contributed by atoms with Gasteiger partial charge in [-0.15, -0.1) is 0 Å². The van der Waals surface area contributed by atoms with Gasteiger partial charge in [-0.2, -0.15) is 8.42 Å². The van der Waals surface area contributed by atoms with Gasteiger partial charge in [0.05, 0.1) is 6.04 Å². The number of allylic oxidation sites excluding steroid dienone is 5. The van der Waals surface area contributed by atoms with E-state index in [9.17, 15) is 13.0 Å². The molecule has 2 aliphatic rings. The van der Waals surface area contributed by atoms with Crippen LogP contribution in [0.4, 0.5) is 5.69 Å². The Morgan fingerprint density at radius 1 is 0.905 bits per heavy atom. The quantitative estimate of drug-likeness (QED) is 0.215. The van der Waals surface area contributed by atoms with Crippen LogP contribution >= 0.6 is 11.6 Å². The zero-order chi connectivity index (χ0) is 29.3. The number of rotatable bonds is 4. The molecule has 212 valence electrons. The first-order valence-corrected chi connectivity index (χ1v) is 16.0. The first kappa shape index (κ1) is 27.0. The zero-order valence-electron chi connectivity index (χ0n) is 23.7. The topological polar surface area (TPSA) is 62.5 Å². The molecule has 1 unspecified atom stereocenters. The molecule has 7 heteroatoms. The van der Waals surface area contributed by atoms with Crippen molar-refractivity contribution in [3.8, 4) is 0 Å². The fraction of sp³-hybridized carbons (Fsp3) is 0.200. The van der Waals surface area contributed by atoms with E-state index in [1.165, 1.54) is 33.7 Å². The van der Waals surface area contributed by atoms with E-state index in [0.29, 0.717) is 5.39 Å². The normalized spacial score (nSPS) is 19.2. The van der Waals surface area contributed by atoms with Crippen LogP contribution in [-0.4, -0.2) is 24.6 Å². The van der Waals surface area contributed by atoms with Crippen molar-refractivity contribution in [3.63, 3.8) is 0 Å². The Bertz CT molecular complexity index is 2210. The van der Waals surface area contributed by atoms with Crippen molar-refractivity contribution < 1.29 is 13.0 Å². The second-order valence-electron chi connectivity index (χ2n) is 11.4. The van der Waals surface area contributed by atoms with Crippen molar-refractivity contribution in [2.24, 2.45) is 7.05 Å². The third-order valence-corrected chi connectivity index (χ3v) is 10.4. The Labute approximate surface area is 250 Å². The predicted octanol–water partition coefficient (Wildman–Crippen LogP) is 7.89. The molecule has 1 atom stereocenters. The fourth-order valence-electron chi connectivity index (χ4n) is 6.88. The van der Waals surface area contributed by atoms with Crippen LogP contribution in [0.5, 0.6) is 0 Å². The Morgan fingerprint density at radius 2 is 1.67 bits per heavy atom. The summed E-state index contributed by atoms with van der Waals surface area (Å²) in [4.78, 5) is 2.27. The highest BCUT2D eigenvalue weighted by molar-refractivity contribution is 7.86. The summed E-state index contributed by atoms with van der Waals surface area (Å²) in [5.74, 6) is 0. The largest absolute Gasteiger partial charge is 0.364 e. The maximum Gasteiger partial charge on any atom is 0.295 e. The molecule has 5 aromatic rings. The van der Waals surface area contributed by atoms with Gasteiger partial charge in [-0.25, -0.2) is 0 Å². The Hall–Kier alpha value is -3.84. The number of hydrogen-bond acceptors (Lipinski definition) is 3. The Balaban J connectivity index is 1.27. The standard InChI is InChI=1S/C35H31ClN2O3S/c1-21-13-16-30-33-24(21)9-5-10-25(33)28(37(30)2)17-14-22-7-4-8-23(35(22)36)15-18-29-26-11-6-12-27-32(42(39,40)41)20-19-31(34(26)27)38(29)3/h5-6,9-20,28H,4,7-8H2,1-3H3,(H,39,40,41)/b17-14+,23-15+,29-18?. The highest BCUT2D eigenvalue weighted by Crippen LogP contribution is 2.45. The highest BCUT2D eigenvalue weighted by Gasteiger charge is 2.27. The molecule has 7 rings (SSSR count). The molecule has 0 amide bonds. The number of halogens is 1. The van der Waals surface area contributed by atoms with Gasteiger partial charge in [-0.05, 0) is 78.1 Å². The third-order valence-electron chi connectivity index (χ3n) is 9.02. The maximum atomic E-state index is 12.0. The van der Waals surface area contributed by atoms with Gasteiger partial charge in [0.2, 0.25) is 0 Å². The minimum atomic E-state index is -4.34. The first-order chi connectivity index (χ1) is 20.1. The molecule has 0 radical (unpaired) electrons. The van der Waals surface area contributed by atoms with Crippen molar-refractivity contribution in [1.29, 1.82) is 0 Å². The molecular weight excluding hydrogens is 564 g/mol. The third kappa shape index (κ3) is 4.12. The van der Waals surface area contributed by atoms with E-state index in [1.807, 2.05) is 19.2 Å². The van der Waals surface area contributed by atoms with Crippen LogP contribution in [0.15, 0.2) is 100.0 Å². The van der Waals surface area contributed by atoms with Gasteiger partial charge >= 0.3 is 0 Å². The molecule has 0 spiro atoms. The lowest BCUT2D eigenvalue weighted by Crippen LogP contribution is -2.17. The van der Waals surface area contributed by atoms with Gasteiger partial charge in [0.15, 0.2) is 0 Å². The Kier molecular flexibility index (Phi) is 6.35. The van der Waals surface area contributed by atoms with Crippen LogP contribution in [0.3, 0.4) is 0 Å². The molecule has 0 bridgehead atoms. The average Bonchev–Trinajstić information content (AvgIpc) is 3.40. The van der Waals surface area contributed by atoms with Crippen molar-refractivity contribution in [3.05, 3.63) is 112 Å². The Morgan fingerprint density at radius 3 is 2.48 bits per heavy atom. The van der Waals surface area contributed by atoms with E-state index in [1.54, 1.807) is 12.1 Å². The number of hydrogen-bond donors (Lipinski definition) is 1. The first-order valence-electron chi connectivity index (χ1n) is 14.2. The van der Waals surface area contributed by atoms with Crippen molar-refractivity contribution >= 4 is 65.9 Å². The van der Waals surface area contributed by atoms with Gasteiger partial charge in [-0.3, -0.25) is 4.55 Å². The second-order valence-corrected chi connectivity index (χ2v) is 13.1. The van der Waals surface area contributed by atoms with E-state index in [0.717, 1.165) is 57.1 Å². The minimum absolute atomic E-state index is 0.0758. The molecule has 0 saturated heterocycles. The molecule has 4 aromatic carbocycles. The maximum absolute atomic E-state index is 12.0. The molecule has 1 aliphatic carbocycles. The molecule has 5 nitrogen and oxygen atoms in total. The van der Waals surface area contributed by atoms with Gasteiger partial charge in [0.1, 0.15) is 4.90 Å². The van der Waals surface area contributed by atoms with Crippen LogP contribution < -0.4 is 10.2 Å². The minimum Gasteiger partial charge on any atom is -0.364 e. The van der Waals surface area contributed by atoms with Crippen LogP contribution in [0.2, 0.25) is 0 Å². The summed E-state index contributed by atoms with van der Waals surface area (Å²) in [6, 6.07) is 19.9. The molecule has 2 heterocycles. The van der Waals surface area contributed by atoms with Crippen LogP contribution in [0.1, 0.15) is 36.4 Å². The van der Waals surface area contributed by atoms with Gasteiger partial charge in [0, 0.05) is 57.2 Å². The van der Waals surface area contributed by atoms with Crippen LogP contribution in [0, 0.1) is 6.92 Å². The molecule has 1 aromatic heterocycles. The van der Waals surface area contributed by atoms with Crippen LogP contribution in [0.25, 0.3) is 38.5 Å². The van der Waals surface area contributed by atoms with Crippen molar-refractivity contribution in [1.82, 2.24) is 4.57 Å². The van der Waals surface area contributed by atoms with Crippen molar-refractivity contribution in [2.75, 3.05) is 11.9 Å². The summed E-state index contributed by atoms with van der Waals surface area (Å²) in [6.45, 7) is 2.17. The van der Waals surface area contributed by atoms with Gasteiger partial charge in [-0.1, -0.05) is 72.3 Å². The highest BCUT2D eigenvalue weighted by atomic mass is 35.5. The average molecular weight is 595 g/mol. The lowest BCUT2D eigenvalue weighted by atomic mass is 9.93. The lowest BCUT2D eigenvalue weighted by Gasteiger charge is -2.22. The number of aromatic nitrogens is 1. The molecule has 0 fully saturated rings. The smallest absolute Gasteiger partial charge is 0.295 e. The summed E-state index contributed by atoms with van der Waals surface area (Å²) in [7, 11) is -0.215. The predicted molar refractivity (Wildman–Crippen MR) is 174 cm³/mol. The number of benzene rings is 4. The van der Waals surface area contributed by atoms with E-state index in [-0.39, 0.29) is 10.9 Å². The van der Waals surface area contributed by atoms with E-state index >= 15 is 0 Å². The molecule has 1 N–H and O–H groups in total. The molecule has 42 heavy (non-hydrogen) atoms. The SMILES string of the molecule is Cc1ccc2c3c(cccc13)C(/C=C/C1=C(Cl)C(=C/C=c3c4cccc5c(S(=O)(=O)O)ccc(c54)n3C)/CCC1)N2C. The summed E-state index contributed by atoms with van der Waals surface area (Å²) in [6.07, 6.45) is 11.5. The number of nitrogens with zero attached hydrogens (tertiary/aromatic N) is 2. The summed E-state index contributed by atoms with van der Waals surface area (Å²) in [5.41, 5.74) is 7.01.